The standard InChI is InChI=1S/C9H7F3N4/c1-16-7(6-4-2-3-5-13-6)14-15-8(16)9(10,11)12/h2-5H,1H3/p+1. The normalized spacial score (nSPS) is 11.8. The average Bonchev–Trinajstić information content (AvgIpc) is 2.61. The second-order valence-electron chi connectivity index (χ2n) is 3.17. The van der Waals surface area contributed by atoms with Gasteiger partial charge in [-0.1, -0.05) is 6.07 Å². The molecule has 4 nitrogen and oxygen atoms in total. The van der Waals surface area contributed by atoms with Crippen LogP contribution in [0.2, 0.25) is 0 Å². The summed E-state index contributed by atoms with van der Waals surface area (Å²) in [5.74, 6) is -0.763. The van der Waals surface area contributed by atoms with Crippen molar-refractivity contribution in [3.8, 4) is 11.5 Å². The van der Waals surface area contributed by atoms with E-state index in [-0.39, 0.29) is 5.82 Å². The van der Waals surface area contributed by atoms with Crippen LogP contribution in [0.15, 0.2) is 24.4 Å². The van der Waals surface area contributed by atoms with E-state index in [0.29, 0.717) is 5.69 Å². The van der Waals surface area contributed by atoms with E-state index in [9.17, 15) is 13.2 Å². The van der Waals surface area contributed by atoms with Gasteiger partial charge >= 0.3 is 12.0 Å². The molecule has 0 atom stereocenters. The number of hydrogen-bond donors (Lipinski definition) is 1. The molecule has 0 aliphatic rings. The molecule has 0 spiro atoms. The Hall–Kier alpha value is -1.92. The Morgan fingerprint density at radius 3 is 2.56 bits per heavy atom. The van der Waals surface area contributed by atoms with E-state index >= 15 is 0 Å². The Kier molecular flexibility index (Phi) is 2.37. The molecule has 2 aromatic rings. The number of alkyl halides is 3. The Bertz CT molecular complexity index is 489. The summed E-state index contributed by atoms with van der Waals surface area (Å²) in [6.45, 7) is 0. The first kappa shape index (κ1) is 10.6. The summed E-state index contributed by atoms with van der Waals surface area (Å²) in [7, 11) is 1.29. The number of aromatic nitrogens is 4. The SMILES string of the molecule is C[n+]1c(C(F)(F)F)n[nH]c1-c1ccccn1. The van der Waals surface area contributed by atoms with E-state index in [1.165, 1.54) is 13.2 Å². The first-order chi connectivity index (χ1) is 7.50. The summed E-state index contributed by atoms with van der Waals surface area (Å²) in [6, 6.07) is 4.98. The number of nitrogens with zero attached hydrogens (tertiary/aromatic N) is 3. The van der Waals surface area contributed by atoms with Crippen LogP contribution in [0.1, 0.15) is 5.82 Å². The Morgan fingerprint density at radius 2 is 2.06 bits per heavy atom. The molecule has 0 aliphatic carbocycles. The fourth-order valence-electron chi connectivity index (χ4n) is 1.35. The smallest absolute Gasteiger partial charge is 0.250 e. The molecule has 0 aliphatic heterocycles. The van der Waals surface area contributed by atoms with Gasteiger partial charge < -0.3 is 0 Å². The van der Waals surface area contributed by atoms with Gasteiger partial charge in [-0.05, 0) is 12.1 Å². The maximum atomic E-state index is 12.5. The molecule has 0 aromatic carbocycles. The van der Waals surface area contributed by atoms with Crippen LogP contribution in [0, 0.1) is 0 Å². The highest BCUT2D eigenvalue weighted by Gasteiger charge is 2.44. The molecule has 2 rings (SSSR count). The lowest BCUT2D eigenvalue weighted by atomic mass is 10.3. The molecule has 1 N–H and O–H groups in total. The number of nitrogens with one attached hydrogen (secondary N) is 1. The van der Waals surface area contributed by atoms with E-state index in [0.717, 1.165) is 4.57 Å². The van der Waals surface area contributed by atoms with Crippen molar-refractivity contribution in [2.24, 2.45) is 7.05 Å². The molecule has 0 unspecified atom stereocenters. The van der Waals surface area contributed by atoms with Crippen LogP contribution in [0.3, 0.4) is 0 Å². The van der Waals surface area contributed by atoms with Gasteiger partial charge in [-0.15, -0.1) is 5.10 Å². The first-order valence-corrected chi connectivity index (χ1v) is 4.43. The summed E-state index contributed by atoms with van der Waals surface area (Å²) in [5.41, 5.74) is 0.410. The zero-order chi connectivity index (χ0) is 11.8. The largest absolute Gasteiger partial charge is 0.485 e. The van der Waals surface area contributed by atoms with Crippen molar-refractivity contribution < 1.29 is 17.7 Å². The fraction of sp³-hybridized carbons (Fsp3) is 0.222. The van der Waals surface area contributed by atoms with Crippen molar-refractivity contribution in [2.45, 2.75) is 6.18 Å². The van der Waals surface area contributed by atoms with Gasteiger partial charge in [0.05, 0.1) is 7.05 Å². The number of hydrogen-bond acceptors (Lipinski definition) is 2. The quantitative estimate of drug-likeness (QED) is 0.749. The number of halogens is 3. The van der Waals surface area contributed by atoms with Crippen molar-refractivity contribution in [1.29, 1.82) is 0 Å². The predicted molar refractivity (Wildman–Crippen MR) is 48.0 cm³/mol. The Labute approximate surface area is 88.8 Å². The van der Waals surface area contributed by atoms with E-state index in [2.05, 4.69) is 15.2 Å². The highest BCUT2D eigenvalue weighted by atomic mass is 19.4. The van der Waals surface area contributed by atoms with Gasteiger partial charge in [0, 0.05) is 11.3 Å². The summed E-state index contributed by atoms with van der Waals surface area (Å²) in [4.78, 5) is 3.95. The van der Waals surface area contributed by atoms with Crippen LogP contribution in [-0.2, 0) is 13.2 Å². The van der Waals surface area contributed by atoms with Gasteiger partial charge in [-0.3, -0.25) is 0 Å². The predicted octanol–water partition coefficient (Wildman–Crippen LogP) is 1.31. The van der Waals surface area contributed by atoms with Crippen molar-refractivity contribution in [3.63, 3.8) is 0 Å². The van der Waals surface area contributed by atoms with E-state index < -0.39 is 12.0 Å². The first-order valence-electron chi connectivity index (χ1n) is 4.43. The lowest BCUT2D eigenvalue weighted by Crippen LogP contribution is -2.38. The van der Waals surface area contributed by atoms with Crippen molar-refractivity contribution in [1.82, 2.24) is 15.2 Å². The highest BCUT2D eigenvalue weighted by molar-refractivity contribution is 5.43. The van der Waals surface area contributed by atoms with Gasteiger partial charge in [0.25, 0.3) is 5.82 Å². The Morgan fingerprint density at radius 1 is 1.31 bits per heavy atom. The number of rotatable bonds is 1. The molecule has 2 aromatic heterocycles. The van der Waals surface area contributed by atoms with Crippen molar-refractivity contribution in [3.05, 3.63) is 30.2 Å². The maximum absolute atomic E-state index is 12.5. The third kappa shape index (κ3) is 1.75. The van der Waals surface area contributed by atoms with E-state index in [1.54, 1.807) is 18.2 Å². The van der Waals surface area contributed by atoms with Gasteiger partial charge in [0.15, 0.2) is 0 Å². The molecule has 0 amide bonds. The molecular weight excluding hydrogens is 221 g/mol. The van der Waals surface area contributed by atoms with Gasteiger partial charge in [-0.2, -0.15) is 13.2 Å². The second kappa shape index (κ2) is 3.58. The summed E-state index contributed by atoms with van der Waals surface area (Å²) >= 11 is 0. The lowest BCUT2D eigenvalue weighted by molar-refractivity contribution is -0.681. The van der Waals surface area contributed by atoms with E-state index in [4.69, 9.17) is 0 Å². The Balaban J connectivity index is 2.50. The molecule has 2 heterocycles. The third-order valence-electron chi connectivity index (χ3n) is 2.08. The topological polar surface area (TPSA) is 45.5 Å². The van der Waals surface area contributed by atoms with Crippen molar-refractivity contribution >= 4 is 0 Å². The summed E-state index contributed by atoms with van der Waals surface area (Å²) < 4.78 is 38.3. The number of H-pyrrole nitrogens is 1. The molecule has 0 radical (unpaired) electrons. The molecule has 0 saturated carbocycles. The van der Waals surface area contributed by atoms with E-state index in [1.807, 2.05) is 0 Å². The third-order valence-corrected chi connectivity index (χ3v) is 2.08. The van der Waals surface area contributed by atoms with Crippen molar-refractivity contribution in [2.75, 3.05) is 0 Å². The monoisotopic (exact) mass is 229 g/mol. The summed E-state index contributed by atoms with van der Waals surface area (Å²) in [5, 5.41) is 5.56. The molecular formula is C9H8F3N4+. The van der Waals surface area contributed by atoms with Crippen LogP contribution in [-0.4, -0.2) is 15.2 Å². The zero-order valence-electron chi connectivity index (χ0n) is 8.28. The number of pyridine rings is 1. The van der Waals surface area contributed by atoms with Crippen LogP contribution in [0.4, 0.5) is 13.2 Å². The van der Waals surface area contributed by atoms with Crippen LogP contribution < -0.4 is 4.57 Å². The fourth-order valence-corrected chi connectivity index (χ4v) is 1.35. The molecule has 0 fully saturated rings. The zero-order valence-corrected chi connectivity index (χ0v) is 8.28. The number of aromatic amines is 1. The van der Waals surface area contributed by atoms with Crippen LogP contribution in [0.5, 0.6) is 0 Å². The summed E-state index contributed by atoms with van der Waals surface area (Å²) in [6.07, 6.45) is -2.97. The highest BCUT2D eigenvalue weighted by Crippen LogP contribution is 2.25. The van der Waals surface area contributed by atoms with Crippen LogP contribution >= 0.6 is 0 Å². The minimum absolute atomic E-state index is 0.216. The average molecular weight is 229 g/mol. The molecule has 84 valence electrons. The minimum Gasteiger partial charge on any atom is -0.250 e. The maximum Gasteiger partial charge on any atom is 0.485 e. The minimum atomic E-state index is -4.47. The molecule has 7 heteroatoms. The van der Waals surface area contributed by atoms with Gasteiger partial charge in [-0.25, -0.2) is 9.55 Å². The van der Waals surface area contributed by atoms with Crippen LogP contribution in [0.25, 0.3) is 11.5 Å². The molecule has 16 heavy (non-hydrogen) atoms. The molecule has 0 bridgehead atoms. The molecule has 0 saturated heterocycles. The lowest BCUT2D eigenvalue weighted by Gasteiger charge is -1.99. The van der Waals surface area contributed by atoms with Gasteiger partial charge in [0.1, 0.15) is 5.69 Å². The van der Waals surface area contributed by atoms with Gasteiger partial charge in [0.2, 0.25) is 0 Å². The second-order valence-corrected chi connectivity index (χ2v) is 3.17.